The van der Waals surface area contributed by atoms with Crippen LogP contribution in [0.25, 0.3) is 5.57 Å². The zero-order valence-electron chi connectivity index (χ0n) is 13.3. The van der Waals surface area contributed by atoms with Crippen LogP contribution in [-0.4, -0.2) is 36.0 Å². The molecule has 3 N–H and O–H groups in total. The molecule has 0 saturated heterocycles. The summed E-state index contributed by atoms with van der Waals surface area (Å²) in [7, 11) is 0. The molecule has 6 heteroatoms. The van der Waals surface area contributed by atoms with Gasteiger partial charge in [0.15, 0.2) is 0 Å². The molecule has 0 radical (unpaired) electrons. The topological polar surface area (TPSA) is 75.4 Å². The van der Waals surface area contributed by atoms with Crippen molar-refractivity contribution < 1.29 is 9.59 Å². The lowest BCUT2D eigenvalue weighted by Crippen LogP contribution is -2.56. The van der Waals surface area contributed by atoms with Crippen LogP contribution in [0.2, 0.25) is 0 Å². The molecule has 120 valence electrons. The van der Waals surface area contributed by atoms with E-state index in [4.69, 9.17) is 5.73 Å². The fourth-order valence-corrected chi connectivity index (χ4v) is 3.33. The Morgan fingerprint density at radius 1 is 1.41 bits per heavy atom. The van der Waals surface area contributed by atoms with Crippen molar-refractivity contribution in [3.63, 3.8) is 0 Å². The molecule has 0 unspecified atom stereocenters. The molecule has 0 aromatic carbocycles. The van der Waals surface area contributed by atoms with Crippen molar-refractivity contribution >= 4 is 28.8 Å². The molecular weight excluding hydrogens is 298 g/mol. The summed E-state index contributed by atoms with van der Waals surface area (Å²) in [5.74, 6) is -0.0761. The standard InChI is InChI=1S/C16H23N3O2S/c1-16(2,3)13(18-15(17)21)14(20)19-8-6-11(7-9-19)12-5-4-10-22-12/h4-6,10,13H,7-9H2,1-3H3,(H3,17,18,21)/t13-/m0/s1. The average Bonchev–Trinajstić information content (AvgIpc) is 2.97. The van der Waals surface area contributed by atoms with Gasteiger partial charge in [0.05, 0.1) is 0 Å². The quantitative estimate of drug-likeness (QED) is 0.897. The van der Waals surface area contributed by atoms with Gasteiger partial charge in [0.2, 0.25) is 5.91 Å². The number of nitrogens with zero attached hydrogens (tertiary/aromatic N) is 1. The molecule has 1 aromatic heterocycles. The zero-order chi connectivity index (χ0) is 16.3. The van der Waals surface area contributed by atoms with Crippen LogP contribution in [0.5, 0.6) is 0 Å². The molecule has 5 nitrogen and oxygen atoms in total. The summed E-state index contributed by atoms with van der Waals surface area (Å²) in [6.45, 7) is 6.99. The van der Waals surface area contributed by atoms with Gasteiger partial charge in [-0.2, -0.15) is 0 Å². The predicted octanol–water partition coefficient (Wildman–Crippen LogP) is 2.45. The molecule has 2 heterocycles. The van der Waals surface area contributed by atoms with Crippen molar-refractivity contribution in [2.75, 3.05) is 13.1 Å². The van der Waals surface area contributed by atoms with E-state index in [1.54, 1.807) is 16.2 Å². The SMILES string of the molecule is CC(C)(C)[C@@H](NC(N)=O)C(=O)N1CC=C(c2cccs2)CC1. The molecule has 1 aromatic rings. The lowest BCUT2D eigenvalue weighted by atomic mass is 9.85. The minimum Gasteiger partial charge on any atom is -0.352 e. The van der Waals surface area contributed by atoms with E-state index in [-0.39, 0.29) is 11.3 Å². The van der Waals surface area contributed by atoms with Crippen molar-refractivity contribution in [1.29, 1.82) is 0 Å². The third-order valence-corrected chi connectivity index (χ3v) is 4.70. The van der Waals surface area contributed by atoms with Crippen molar-refractivity contribution in [2.45, 2.75) is 33.2 Å². The molecule has 2 rings (SSSR count). The van der Waals surface area contributed by atoms with Crippen LogP contribution in [0.15, 0.2) is 23.6 Å². The summed E-state index contributed by atoms with van der Waals surface area (Å²) in [6.07, 6.45) is 2.93. The van der Waals surface area contributed by atoms with Crippen LogP contribution in [0.3, 0.4) is 0 Å². The number of carbonyl (C=O) groups is 2. The van der Waals surface area contributed by atoms with Gasteiger partial charge in [-0.3, -0.25) is 4.79 Å². The highest BCUT2D eigenvalue weighted by Gasteiger charge is 2.35. The number of primary amides is 1. The van der Waals surface area contributed by atoms with Gasteiger partial charge in [0, 0.05) is 18.0 Å². The van der Waals surface area contributed by atoms with Crippen molar-refractivity contribution in [2.24, 2.45) is 11.1 Å². The second-order valence-corrected chi connectivity index (χ2v) is 7.50. The molecule has 0 fully saturated rings. The molecule has 1 aliphatic rings. The molecule has 3 amide bonds. The van der Waals surface area contributed by atoms with Gasteiger partial charge in [-0.1, -0.05) is 32.9 Å². The Labute approximate surface area is 135 Å². The van der Waals surface area contributed by atoms with Crippen molar-refractivity contribution in [1.82, 2.24) is 10.2 Å². The zero-order valence-corrected chi connectivity index (χ0v) is 14.1. The van der Waals surface area contributed by atoms with E-state index in [2.05, 4.69) is 22.8 Å². The second-order valence-electron chi connectivity index (χ2n) is 6.55. The van der Waals surface area contributed by atoms with Crippen LogP contribution in [0.4, 0.5) is 4.79 Å². The van der Waals surface area contributed by atoms with Gasteiger partial charge in [-0.25, -0.2) is 4.79 Å². The number of nitrogens with two attached hydrogens (primary N) is 1. The minimum atomic E-state index is -0.667. The minimum absolute atomic E-state index is 0.0761. The summed E-state index contributed by atoms with van der Waals surface area (Å²) in [5, 5.41) is 4.64. The molecule has 22 heavy (non-hydrogen) atoms. The van der Waals surface area contributed by atoms with Crippen molar-refractivity contribution in [3.05, 3.63) is 28.5 Å². The fraction of sp³-hybridized carbons (Fsp3) is 0.500. The highest BCUT2D eigenvalue weighted by molar-refractivity contribution is 7.11. The maximum Gasteiger partial charge on any atom is 0.312 e. The van der Waals surface area contributed by atoms with E-state index in [9.17, 15) is 9.59 Å². The predicted molar refractivity (Wildman–Crippen MR) is 89.5 cm³/mol. The van der Waals surface area contributed by atoms with Crippen molar-refractivity contribution in [3.8, 4) is 0 Å². The van der Waals surface area contributed by atoms with E-state index < -0.39 is 12.1 Å². The molecule has 0 spiro atoms. The Morgan fingerprint density at radius 3 is 2.59 bits per heavy atom. The van der Waals surface area contributed by atoms with Gasteiger partial charge in [-0.15, -0.1) is 11.3 Å². The van der Waals surface area contributed by atoms with Gasteiger partial charge < -0.3 is 16.0 Å². The Bertz CT molecular complexity index is 573. The van der Waals surface area contributed by atoms with Crippen LogP contribution < -0.4 is 11.1 Å². The Balaban J connectivity index is 2.08. The number of rotatable bonds is 3. The molecular formula is C16H23N3O2S. The first-order chi connectivity index (χ1) is 10.3. The summed E-state index contributed by atoms with van der Waals surface area (Å²) < 4.78 is 0. The lowest BCUT2D eigenvalue weighted by Gasteiger charge is -2.35. The van der Waals surface area contributed by atoms with E-state index in [1.165, 1.54) is 10.5 Å². The third kappa shape index (κ3) is 3.88. The van der Waals surface area contributed by atoms with Gasteiger partial charge in [0.25, 0.3) is 0 Å². The van der Waals surface area contributed by atoms with E-state index in [0.717, 1.165) is 6.42 Å². The molecule has 0 saturated carbocycles. The third-order valence-electron chi connectivity index (χ3n) is 3.76. The number of hydrogen-bond acceptors (Lipinski definition) is 3. The number of carbonyl (C=O) groups excluding carboxylic acids is 2. The first kappa shape index (κ1) is 16.5. The van der Waals surface area contributed by atoms with Crippen LogP contribution in [-0.2, 0) is 4.79 Å². The second kappa shape index (κ2) is 6.52. The molecule has 1 atom stereocenters. The summed E-state index contributed by atoms with van der Waals surface area (Å²) >= 11 is 1.71. The summed E-state index contributed by atoms with van der Waals surface area (Å²) in [4.78, 5) is 26.9. The largest absolute Gasteiger partial charge is 0.352 e. The Morgan fingerprint density at radius 2 is 2.14 bits per heavy atom. The smallest absolute Gasteiger partial charge is 0.312 e. The summed E-state index contributed by atoms with van der Waals surface area (Å²) in [6, 6.07) is 2.85. The molecule has 1 aliphatic heterocycles. The number of amides is 3. The van der Waals surface area contributed by atoms with E-state index in [1.807, 2.05) is 26.8 Å². The normalized spacial score (nSPS) is 16.9. The first-order valence-corrected chi connectivity index (χ1v) is 8.24. The first-order valence-electron chi connectivity index (χ1n) is 7.36. The average molecular weight is 321 g/mol. The number of hydrogen-bond donors (Lipinski definition) is 2. The maximum atomic E-state index is 12.7. The van der Waals surface area contributed by atoms with Crippen LogP contribution in [0.1, 0.15) is 32.1 Å². The molecule has 0 aliphatic carbocycles. The number of urea groups is 1. The highest BCUT2D eigenvalue weighted by Crippen LogP contribution is 2.28. The Kier molecular flexibility index (Phi) is 4.90. The number of nitrogens with one attached hydrogen (secondary N) is 1. The summed E-state index contributed by atoms with van der Waals surface area (Å²) in [5.41, 5.74) is 6.11. The molecule has 0 bridgehead atoms. The fourth-order valence-electron chi connectivity index (χ4n) is 2.53. The highest BCUT2D eigenvalue weighted by atomic mass is 32.1. The van der Waals surface area contributed by atoms with Gasteiger partial charge >= 0.3 is 6.03 Å². The lowest BCUT2D eigenvalue weighted by molar-refractivity contribution is -0.135. The van der Waals surface area contributed by atoms with E-state index >= 15 is 0 Å². The van der Waals surface area contributed by atoms with E-state index in [0.29, 0.717) is 13.1 Å². The van der Waals surface area contributed by atoms with Gasteiger partial charge in [0.1, 0.15) is 6.04 Å². The van der Waals surface area contributed by atoms with Crippen LogP contribution >= 0.6 is 11.3 Å². The maximum absolute atomic E-state index is 12.7. The monoisotopic (exact) mass is 321 g/mol. The van der Waals surface area contributed by atoms with Gasteiger partial charge in [-0.05, 0) is 28.9 Å². The van der Waals surface area contributed by atoms with Crippen LogP contribution in [0, 0.1) is 5.41 Å². The number of thiophene rings is 1. The Hall–Kier alpha value is -1.82.